The number of halogens is 2. The van der Waals surface area contributed by atoms with E-state index in [1.54, 1.807) is 48.5 Å². The van der Waals surface area contributed by atoms with E-state index in [1.165, 1.54) is 51.4 Å². The first-order chi connectivity index (χ1) is 17.2. The summed E-state index contributed by atoms with van der Waals surface area (Å²) >= 11 is 6.74. The Bertz CT molecular complexity index is 877. The molecule has 0 saturated heterocycles. The predicted octanol–water partition coefficient (Wildman–Crippen LogP) is 8.85. The molecule has 0 spiro atoms. The maximum atomic E-state index is 13.1. The number of ether oxygens (including phenoxy) is 1. The smallest absolute Gasteiger partial charge is 0.355 e. The van der Waals surface area contributed by atoms with Crippen LogP contribution >= 0.6 is 31.9 Å². The third-order valence-electron chi connectivity index (χ3n) is 6.44. The van der Waals surface area contributed by atoms with Gasteiger partial charge in [0.05, 0.1) is 0 Å². The van der Waals surface area contributed by atoms with Crippen LogP contribution in [-0.2, 0) is 19.9 Å². The van der Waals surface area contributed by atoms with Crippen LogP contribution in [0.25, 0.3) is 0 Å². The van der Waals surface area contributed by atoms with Gasteiger partial charge in [0.15, 0.2) is 0 Å². The van der Waals surface area contributed by atoms with Crippen LogP contribution in [0, 0.1) is 5.92 Å². The number of benzene rings is 2. The van der Waals surface area contributed by atoms with E-state index >= 15 is 0 Å². The SMILES string of the molecule is CC(C)CCCCCCCCCCCCC(=O)OC(=O)C(O)(c1ccc(Br)cc1)c1ccc(Br)cc1. The molecule has 0 bridgehead atoms. The lowest BCUT2D eigenvalue weighted by Crippen LogP contribution is -2.39. The minimum Gasteiger partial charge on any atom is -0.390 e. The molecule has 0 saturated carbocycles. The first kappa shape index (κ1) is 30.7. The van der Waals surface area contributed by atoms with Gasteiger partial charge in [-0.2, -0.15) is 0 Å². The summed E-state index contributed by atoms with van der Waals surface area (Å²) in [6.07, 6.45) is 13.2. The molecule has 0 aliphatic heterocycles. The Morgan fingerprint density at radius 1 is 0.722 bits per heavy atom. The highest BCUT2D eigenvalue weighted by Crippen LogP contribution is 2.33. The normalized spacial score (nSPS) is 11.6. The molecule has 1 N–H and O–H groups in total. The van der Waals surface area contributed by atoms with Gasteiger partial charge in [-0.05, 0) is 47.7 Å². The van der Waals surface area contributed by atoms with Crippen LogP contribution in [0.1, 0.15) is 102 Å². The summed E-state index contributed by atoms with van der Waals surface area (Å²) in [5, 5.41) is 11.5. The lowest BCUT2D eigenvalue weighted by atomic mass is 9.86. The van der Waals surface area contributed by atoms with Gasteiger partial charge in [-0.3, -0.25) is 4.79 Å². The van der Waals surface area contributed by atoms with E-state index in [1.807, 2.05) is 0 Å². The number of hydrogen-bond donors (Lipinski definition) is 1. The molecule has 2 aromatic carbocycles. The maximum Gasteiger partial charge on any atom is 0.355 e. The molecule has 6 heteroatoms. The summed E-state index contributed by atoms with van der Waals surface area (Å²) in [5.74, 6) is -0.774. The summed E-state index contributed by atoms with van der Waals surface area (Å²) < 4.78 is 6.77. The monoisotopic (exact) mass is 622 g/mol. The Kier molecular flexibility index (Phi) is 14.0. The van der Waals surface area contributed by atoms with Gasteiger partial charge in [0.2, 0.25) is 5.60 Å². The van der Waals surface area contributed by atoms with Crippen molar-refractivity contribution in [1.29, 1.82) is 0 Å². The molecule has 2 aromatic rings. The number of carbonyl (C=O) groups excluding carboxylic acids is 2. The fraction of sp³-hybridized carbons (Fsp3) is 0.533. The largest absolute Gasteiger partial charge is 0.390 e. The molecule has 0 heterocycles. The number of aliphatic hydroxyl groups is 1. The van der Waals surface area contributed by atoms with Crippen molar-refractivity contribution in [3.63, 3.8) is 0 Å². The molecule has 0 radical (unpaired) electrons. The third-order valence-corrected chi connectivity index (χ3v) is 7.50. The molecule has 4 nitrogen and oxygen atoms in total. The van der Waals surface area contributed by atoms with Crippen molar-refractivity contribution >= 4 is 43.8 Å². The molecule has 0 atom stereocenters. The van der Waals surface area contributed by atoms with Crippen molar-refractivity contribution in [3.8, 4) is 0 Å². The van der Waals surface area contributed by atoms with E-state index in [-0.39, 0.29) is 6.42 Å². The summed E-state index contributed by atoms with van der Waals surface area (Å²) in [6, 6.07) is 13.5. The van der Waals surface area contributed by atoms with E-state index in [0.717, 1.165) is 27.7 Å². The highest BCUT2D eigenvalue weighted by atomic mass is 79.9. The molecule has 36 heavy (non-hydrogen) atoms. The minimum absolute atomic E-state index is 0.165. The van der Waals surface area contributed by atoms with Gasteiger partial charge in [-0.25, -0.2) is 4.79 Å². The van der Waals surface area contributed by atoms with Gasteiger partial charge in [0.25, 0.3) is 0 Å². The van der Waals surface area contributed by atoms with Gasteiger partial charge in [0.1, 0.15) is 0 Å². The summed E-state index contributed by atoms with van der Waals surface area (Å²) in [4.78, 5) is 25.5. The number of rotatable bonds is 16. The molecule has 0 fully saturated rings. The van der Waals surface area contributed by atoms with Gasteiger partial charge in [-0.15, -0.1) is 0 Å². The number of unbranched alkanes of at least 4 members (excludes halogenated alkanes) is 9. The van der Waals surface area contributed by atoms with Gasteiger partial charge >= 0.3 is 11.9 Å². The molecule has 2 rings (SSSR count). The molecular formula is C30H40Br2O4. The topological polar surface area (TPSA) is 63.6 Å². The van der Waals surface area contributed by atoms with Gasteiger partial charge in [-0.1, -0.05) is 134 Å². The van der Waals surface area contributed by atoms with Crippen LogP contribution in [0.4, 0.5) is 0 Å². The Balaban J connectivity index is 1.75. The van der Waals surface area contributed by atoms with Crippen molar-refractivity contribution < 1.29 is 19.4 Å². The highest BCUT2D eigenvalue weighted by Gasteiger charge is 2.42. The summed E-state index contributed by atoms with van der Waals surface area (Å²) in [5.41, 5.74) is -1.40. The lowest BCUT2D eigenvalue weighted by molar-refractivity contribution is -0.172. The molecular weight excluding hydrogens is 584 g/mol. The first-order valence-corrected chi connectivity index (χ1v) is 14.8. The van der Waals surface area contributed by atoms with Crippen molar-refractivity contribution in [3.05, 3.63) is 68.6 Å². The van der Waals surface area contributed by atoms with E-state index in [9.17, 15) is 14.7 Å². The Hall–Kier alpha value is -1.50. The number of esters is 2. The van der Waals surface area contributed by atoms with Crippen molar-refractivity contribution in [2.75, 3.05) is 0 Å². The fourth-order valence-corrected chi connectivity index (χ4v) is 4.78. The molecule has 0 unspecified atom stereocenters. The zero-order chi connectivity index (χ0) is 26.4. The molecule has 0 aliphatic rings. The quantitative estimate of drug-likeness (QED) is 0.115. The van der Waals surface area contributed by atoms with Gasteiger partial charge in [0, 0.05) is 15.4 Å². The van der Waals surface area contributed by atoms with Crippen LogP contribution in [0.15, 0.2) is 57.5 Å². The Morgan fingerprint density at radius 2 is 1.11 bits per heavy atom. The van der Waals surface area contributed by atoms with Crippen LogP contribution in [-0.4, -0.2) is 17.0 Å². The number of hydrogen-bond acceptors (Lipinski definition) is 4. The van der Waals surface area contributed by atoms with Crippen molar-refractivity contribution in [2.24, 2.45) is 5.92 Å². The Morgan fingerprint density at radius 3 is 1.53 bits per heavy atom. The van der Waals surface area contributed by atoms with E-state index in [4.69, 9.17) is 4.74 Å². The van der Waals surface area contributed by atoms with Crippen LogP contribution < -0.4 is 0 Å². The van der Waals surface area contributed by atoms with Crippen molar-refractivity contribution in [2.45, 2.75) is 96.5 Å². The lowest BCUT2D eigenvalue weighted by Gasteiger charge is -2.26. The summed E-state index contributed by atoms with van der Waals surface area (Å²) in [6.45, 7) is 4.57. The average Bonchev–Trinajstić information content (AvgIpc) is 2.84. The minimum atomic E-state index is -2.08. The van der Waals surface area contributed by atoms with Crippen LogP contribution in [0.3, 0.4) is 0 Å². The Labute approximate surface area is 233 Å². The fourth-order valence-electron chi connectivity index (χ4n) is 4.25. The third kappa shape index (κ3) is 10.5. The average molecular weight is 624 g/mol. The van der Waals surface area contributed by atoms with Crippen LogP contribution in [0.5, 0.6) is 0 Å². The molecule has 198 valence electrons. The standard InChI is InChI=1S/C30H40Br2O4/c1-23(2)13-11-9-7-5-3-4-6-8-10-12-14-28(33)36-29(34)30(35,24-15-19-26(31)20-16-24)25-17-21-27(32)22-18-25/h15-23,35H,3-14H2,1-2H3. The second kappa shape index (κ2) is 16.4. The van der Waals surface area contributed by atoms with E-state index in [0.29, 0.717) is 17.5 Å². The van der Waals surface area contributed by atoms with E-state index in [2.05, 4.69) is 45.7 Å². The van der Waals surface area contributed by atoms with Crippen LogP contribution in [0.2, 0.25) is 0 Å². The van der Waals surface area contributed by atoms with Gasteiger partial charge < -0.3 is 9.84 Å². The second-order valence-electron chi connectivity index (χ2n) is 9.95. The molecule has 0 amide bonds. The zero-order valence-electron chi connectivity index (χ0n) is 21.6. The maximum absolute atomic E-state index is 13.1. The number of carbonyl (C=O) groups is 2. The highest BCUT2D eigenvalue weighted by molar-refractivity contribution is 9.10. The van der Waals surface area contributed by atoms with Crippen molar-refractivity contribution in [1.82, 2.24) is 0 Å². The molecule has 0 aromatic heterocycles. The zero-order valence-corrected chi connectivity index (χ0v) is 24.8. The molecule has 0 aliphatic carbocycles. The second-order valence-corrected chi connectivity index (χ2v) is 11.8. The van der Waals surface area contributed by atoms with E-state index < -0.39 is 17.5 Å². The summed E-state index contributed by atoms with van der Waals surface area (Å²) in [7, 11) is 0. The predicted molar refractivity (Wildman–Crippen MR) is 153 cm³/mol. The first-order valence-electron chi connectivity index (χ1n) is 13.2.